The second kappa shape index (κ2) is 2.62. The maximum absolute atomic E-state index is 10.6. The highest BCUT2D eigenvalue weighted by atomic mass is 79.9. The Hall–Kier alpha value is -0.150. The van der Waals surface area contributed by atoms with Gasteiger partial charge in [0.15, 0.2) is 5.78 Å². The van der Waals surface area contributed by atoms with Crippen molar-refractivity contribution in [3.05, 3.63) is 20.8 Å². The quantitative estimate of drug-likeness (QED) is 0.644. The molecule has 3 heteroatoms. The molecule has 1 rings (SSSR count). The molecule has 0 amide bonds. The zero-order valence-corrected chi connectivity index (χ0v) is 7.25. The van der Waals surface area contributed by atoms with Crippen molar-refractivity contribution < 1.29 is 4.79 Å². The molecule has 1 aromatic heterocycles. The van der Waals surface area contributed by atoms with Crippen molar-refractivity contribution in [2.75, 3.05) is 0 Å². The minimum absolute atomic E-state index is 0.122. The fraction of sp³-hybridized carbons (Fsp3) is 0.167. The fourth-order valence-corrected chi connectivity index (χ4v) is 1.69. The lowest BCUT2D eigenvalue weighted by Crippen LogP contribution is -1.85. The summed E-state index contributed by atoms with van der Waals surface area (Å²) in [6, 6.07) is 1.83. The first-order chi connectivity index (χ1) is 4.20. The zero-order valence-electron chi connectivity index (χ0n) is 4.85. The monoisotopic (exact) mass is 204 g/mol. The molecule has 9 heavy (non-hydrogen) atoms. The second-order valence-corrected chi connectivity index (χ2v) is 3.99. The van der Waals surface area contributed by atoms with Gasteiger partial charge in [-0.1, -0.05) is 0 Å². The third kappa shape index (κ3) is 1.63. The Labute approximate surface area is 65.8 Å². The molecule has 0 aliphatic carbocycles. The third-order valence-electron chi connectivity index (χ3n) is 0.974. The molecule has 0 atom stereocenters. The van der Waals surface area contributed by atoms with Crippen molar-refractivity contribution in [2.45, 2.75) is 6.92 Å². The predicted octanol–water partition coefficient (Wildman–Crippen LogP) is 2.71. The molecule has 1 nitrogen and oxygen atoms in total. The molecule has 1 heterocycles. The van der Waals surface area contributed by atoms with Crippen LogP contribution in [0.1, 0.15) is 17.3 Å². The molecule has 1 aromatic rings. The van der Waals surface area contributed by atoms with Crippen molar-refractivity contribution in [3.63, 3.8) is 0 Å². The highest BCUT2D eigenvalue weighted by Crippen LogP contribution is 2.20. The number of hydrogen-bond donors (Lipinski definition) is 0. The summed E-state index contributed by atoms with van der Waals surface area (Å²) in [7, 11) is 0. The van der Waals surface area contributed by atoms with Gasteiger partial charge in [0.1, 0.15) is 0 Å². The van der Waals surface area contributed by atoms with Crippen LogP contribution in [-0.2, 0) is 0 Å². The van der Waals surface area contributed by atoms with Gasteiger partial charge in [-0.15, -0.1) is 11.3 Å². The highest BCUT2D eigenvalue weighted by Gasteiger charge is 1.99. The lowest BCUT2D eigenvalue weighted by molar-refractivity contribution is 0.101. The molecule has 0 radical (unpaired) electrons. The molecule has 0 spiro atoms. The SMILES string of the molecule is CC(=O)c1csc(Br)c1. The van der Waals surface area contributed by atoms with Crippen LogP contribution in [0.5, 0.6) is 0 Å². The molecular formula is C6H5BrOS. The Bertz CT molecular complexity index is 229. The van der Waals surface area contributed by atoms with E-state index in [2.05, 4.69) is 15.9 Å². The Kier molecular flexibility index (Phi) is 2.03. The summed E-state index contributed by atoms with van der Waals surface area (Å²) in [4.78, 5) is 10.6. The smallest absolute Gasteiger partial charge is 0.160 e. The van der Waals surface area contributed by atoms with E-state index in [1.165, 1.54) is 11.3 Å². The molecule has 0 fully saturated rings. The number of rotatable bonds is 1. The van der Waals surface area contributed by atoms with Gasteiger partial charge in [-0.25, -0.2) is 0 Å². The van der Waals surface area contributed by atoms with Crippen molar-refractivity contribution in [2.24, 2.45) is 0 Å². The number of Topliss-reactive ketones (excluding diaryl/α,β-unsaturated/α-hetero) is 1. The molecule has 0 unspecified atom stereocenters. The molecule has 0 saturated heterocycles. The molecule has 0 aliphatic heterocycles. The summed E-state index contributed by atoms with van der Waals surface area (Å²) < 4.78 is 1.01. The van der Waals surface area contributed by atoms with Crippen LogP contribution < -0.4 is 0 Å². The van der Waals surface area contributed by atoms with Crippen molar-refractivity contribution in [1.29, 1.82) is 0 Å². The van der Waals surface area contributed by atoms with E-state index in [9.17, 15) is 4.79 Å². The van der Waals surface area contributed by atoms with Crippen LogP contribution in [0, 0.1) is 0 Å². The number of carbonyl (C=O) groups is 1. The maximum atomic E-state index is 10.6. The summed E-state index contributed by atoms with van der Waals surface area (Å²) in [5.41, 5.74) is 0.784. The normalized spacial score (nSPS) is 9.56. The van der Waals surface area contributed by atoms with Crippen molar-refractivity contribution >= 4 is 33.0 Å². The van der Waals surface area contributed by atoms with Gasteiger partial charge in [-0.2, -0.15) is 0 Å². The Morgan fingerprint density at radius 1 is 1.78 bits per heavy atom. The van der Waals surface area contributed by atoms with E-state index in [0.717, 1.165) is 9.35 Å². The van der Waals surface area contributed by atoms with Crippen LogP contribution in [0.3, 0.4) is 0 Å². The number of carbonyl (C=O) groups excluding carboxylic acids is 1. The van der Waals surface area contributed by atoms with Crippen LogP contribution in [0.25, 0.3) is 0 Å². The summed E-state index contributed by atoms with van der Waals surface area (Å²) >= 11 is 4.80. The number of thiophene rings is 1. The van der Waals surface area contributed by atoms with E-state index in [1.807, 2.05) is 11.4 Å². The maximum Gasteiger partial charge on any atom is 0.160 e. The standard InChI is InChI=1S/C6H5BrOS/c1-4(8)5-2-6(7)9-3-5/h2-3H,1H3. The van der Waals surface area contributed by atoms with Crippen LogP contribution >= 0.6 is 27.3 Å². The van der Waals surface area contributed by atoms with E-state index in [-0.39, 0.29) is 5.78 Å². The van der Waals surface area contributed by atoms with Gasteiger partial charge < -0.3 is 0 Å². The first-order valence-electron chi connectivity index (χ1n) is 2.45. The minimum Gasteiger partial charge on any atom is -0.294 e. The fourth-order valence-electron chi connectivity index (χ4n) is 0.495. The number of hydrogen-bond acceptors (Lipinski definition) is 2. The third-order valence-corrected chi connectivity index (χ3v) is 2.48. The second-order valence-electron chi connectivity index (χ2n) is 1.70. The van der Waals surface area contributed by atoms with Gasteiger partial charge >= 0.3 is 0 Å². The lowest BCUT2D eigenvalue weighted by atomic mass is 10.2. The largest absolute Gasteiger partial charge is 0.294 e. The Morgan fingerprint density at radius 2 is 2.44 bits per heavy atom. The summed E-state index contributed by atoms with van der Waals surface area (Å²) in [5.74, 6) is 0.122. The van der Waals surface area contributed by atoms with Gasteiger partial charge in [-0.05, 0) is 28.9 Å². The van der Waals surface area contributed by atoms with Crippen LogP contribution in [0.2, 0.25) is 0 Å². The Morgan fingerprint density at radius 3 is 2.67 bits per heavy atom. The molecule has 48 valence electrons. The van der Waals surface area contributed by atoms with Crippen LogP contribution in [0.4, 0.5) is 0 Å². The topological polar surface area (TPSA) is 17.1 Å². The molecule has 0 bridgehead atoms. The van der Waals surface area contributed by atoms with E-state index in [1.54, 1.807) is 6.92 Å². The molecule has 0 aliphatic rings. The van der Waals surface area contributed by atoms with E-state index in [0.29, 0.717) is 0 Å². The predicted molar refractivity (Wildman–Crippen MR) is 42.0 cm³/mol. The van der Waals surface area contributed by atoms with Crippen molar-refractivity contribution in [3.8, 4) is 0 Å². The molecule has 0 saturated carbocycles. The average molecular weight is 205 g/mol. The molecule has 0 aromatic carbocycles. The summed E-state index contributed by atoms with van der Waals surface area (Å²) in [6.45, 7) is 1.56. The van der Waals surface area contributed by atoms with E-state index < -0.39 is 0 Å². The zero-order chi connectivity index (χ0) is 6.85. The summed E-state index contributed by atoms with van der Waals surface area (Å²) in [5, 5.41) is 1.84. The van der Waals surface area contributed by atoms with Gasteiger partial charge in [0.05, 0.1) is 3.79 Å². The number of halogens is 1. The summed E-state index contributed by atoms with van der Waals surface area (Å²) in [6.07, 6.45) is 0. The van der Waals surface area contributed by atoms with Crippen LogP contribution in [-0.4, -0.2) is 5.78 Å². The highest BCUT2D eigenvalue weighted by molar-refractivity contribution is 9.11. The van der Waals surface area contributed by atoms with E-state index in [4.69, 9.17) is 0 Å². The number of ketones is 1. The van der Waals surface area contributed by atoms with Gasteiger partial charge in [0.25, 0.3) is 0 Å². The first kappa shape index (κ1) is 6.96. The first-order valence-corrected chi connectivity index (χ1v) is 4.12. The van der Waals surface area contributed by atoms with E-state index >= 15 is 0 Å². The minimum atomic E-state index is 0.122. The molecule has 0 N–H and O–H groups in total. The Balaban J connectivity index is 2.98. The van der Waals surface area contributed by atoms with Crippen LogP contribution in [0.15, 0.2) is 15.2 Å². The van der Waals surface area contributed by atoms with Gasteiger partial charge in [-0.3, -0.25) is 4.79 Å². The van der Waals surface area contributed by atoms with Crippen molar-refractivity contribution in [1.82, 2.24) is 0 Å². The molecular weight excluding hydrogens is 200 g/mol. The van der Waals surface area contributed by atoms with Gasteiger partial charge in [0, 0.05) is 10.9 Å². The van der Waals surface area contributed by atoms with Gasteiger partial charge in [0.2, 0.25) is 0 Å². The lowest BCUT2D eigenvalue weighted by Gasteiger charge is -1.80. The average Bonchev–Trinajstić information content (AvgIpc) is 2.14.